The molecule has 0 atom stereocenters. The van der Waals surface area contributed by atoms with Crippen LogP contribution in [0.2, 0.25) is 0 Å². The van der Waals surface area contributed by atoms with Crippen molar-refractivity contribution in [3.63, 3.8) is 0 Å². The molecule has 0 saturated heterocycles. The van der Waals surface area contributed by atoms with Crippen LogP contribution in [0.1, 0.15) is 5.56 Å². The van der Waals surface area contributed by atoms with E-state index in [0.717, 1.165) is 18.2 Å². The third-order valence-electron chi connectivity index (χ3n) is 4.16. The van der Waals surface area contributed by atoms with Gasteiger partial charge in [0.25, 0.3) is 10.0 Å². The topological polar surface area (TPSA) is 106 Å². The fraction of sp³-hybridized carbons (Fsp3) is 0.100. The Morgan fingerprint density at radius 2 is 1.66 bits per heavy atom. The van der Waals surface area contributed by atoms with E-state index in [0.29, 0.717) is 23.0 Å². The van der Waals surface area contributed by atoms with Gasteiger partial charge in [0.1, 0.15) is 5.82 Å². The first kappa shape index (κ1) is 25.6. The summed E-state index contributed by atoms with van der Waals surface area (Å²) < 4.78 is 98.8. The SMILES string of the molecule is O=CC(F)(F)F.O=S(=O)(Nc1ccnc2cc(-c3cccnc3)nn12)c1cccc(C(F)(F)F)c1. The van der Waals surface area contributed by atoms with Crippen LogP contribution in [-0.2, 0) is 21.0 Å². The van der Waals surface area contributed by atoms with E-state index in [4.69, 9.17) is 4.79 Å². The molecule has 3 heterocycles. The lowest BCUT2D eigenvalue weighted by molar-refractivity contribution is -0.156. The molecule has 4 aromatic rings. The first-order valence-corrected chi connectivity index (χ1v) is 10.8. The molecule has 35 heavy (non-hydrogen) atoms. The van der Waals surface area contributed by atoms with Gasteiger partial charge in [-0.1, -0.05) is 6.07 Å². The Labute approximate surface area is 193 Å². The fourth-order valence-electron chi connectivity index (χ4n) is 2.66. The van der Waals surface area contributed by atoms with Crippen LogP contribution in [0.3, 0.4) is 0 Å². The molecule has 0 saturated carbocycles. The zero-order chi connectivity index (χ0) is 25.9. The van der Waals surface area contributed by atoms with Gasteiger partial charge in [0.15, 0.2) is 5.65 Å². The molecular formula is C20H13F6N5O3S. The first-order valence-electron chi connectivity index (χ1n) is 9.28. The first-order chi connectivity index (χ1) is 16.3. The van der Waals surface area contributed by atoms with Crippen molar-refractivity contribution in [3.05, 3.63) is 72.7 Å². The number of benzene rings is 1. The number of aromatic nitrogens is 4. The van der Waals surface area contributed by atoms with Crippen LogP contribution >= 0.6 is 0 Å². The largest absolute Gasteiger partial charge is 0.446 e. The Balaban J connectivity index is 0.000000509. The van der Waals surface area contributed by atoms with Crippen LogP contribution in [0.4, 0.5) is 32.2 Å². The number of nitrogens with one attached hydrogen (secondary N) is 1. The standard InChI is InChI=1S/C18H12F3N5O2S.C2HF3O/c19-18(20,21)13-4-1-5-14(9-13)29(27,28)25-16-6-8-23-17-10-15(24-26(16)17)12-3-2-7-22-11-12;3-2(4,5)1-6/h1-11,25H;1H. The van der Waals surface area contributed by atoms with E-state index >= 15 is 0 Å². The highest BCUT2D eigenvalue weighted by Crippen LogP contribution is 2.31. The number of anilines is 1. The number of rotatable bonds is 4. The Morgan fingerprint density at radius 1 is 0.943 bits per heavy atom. The van der Waals surface area contributed by atoms with Crippen molar-refractivity contribution in [2.45, 2.75) is 17.2 Å². The van der Waals surface area contributed by atoms with Crippen molar-refractivity contribution in [2.75, 3.05) is 4.72 Å². The van der Waals surface area contributed by atoms with E-state index in [1.54, 1.807) is 30.6 Å². The summed E-state index contributed by atoms with van der Waals surface area (Å²) in [5, 5.41) is 4.32. The summed E-state index contributed by atoms with van der Waals surface area (Å²) in [6.45, 7) is 0. The third-order valence-corrected chi connectivity index (χ3v) is 5.51. The molecule has 8 nitrogen and oxygen atoms in total. The Morgan fingerprint density at radius 3 is 2.26 bits per heavy atom. The Kier molecular flexibility index (Phi) is 7.09. The number of nitrogens with zero attached hydrogens (tertiary/aromatic N) is 4. The predicted molar refractivity (Wildman–Crippen MR) is 111 cm³/mol. The number of carbonyl (C=O) groups is 1. The molecule has 0 aliphatic rings. The molecule has 0 aliphatic heterocycles. The van der Waals surface area contributed by atoms with Crippen molar-refractivity contribution in [2.24, 2.45) is 0 Å². The van der Waals surface area contributed by atoms with Crippen LogP contribution in [0.15, 0.2) is 72.0 Å². The highest BCUT2D eigenvalue weighted by atomic mass is 32.2. The summed E-state index contributed by atoms with van der Waals surface area (Å²) in [7, 11) is -4.29. The second-order valence-corrected chi connectivity index (χ2v) is 8.34. The van der Waals surface area contributed by atoms with Crippen LogP contribution in [0.25, 0.3) is 16.9 Å². The maximum Gasteiger partial charge on any atom is 0.446 e. The van der Waals surface area contributed by atoms with Crippen molar-refractivity contribution in [1.82, 2.24) is 19.6 Å². The zero-order valence-electron chi connectivity index (χ0n) is 17.1. The molecule has 0 fully saturated rings. The fourth-order valence-corrected chi connectivity index (χ4v) is 3.75. The molecule has 0 amide bonds. The molecule has 0 bridgehead atoms. The third kappa shape index (κ3) is 6.53. The molecule has 0 spiro atoms. The number of alkyl halides is 6. The molecule has 1 aromatic carbocycles. The maximum atomic E-state index is 12.9. The van der Waals surface area contributed by atoms with Crippen LogP contribution in [-0.4, -0.2) is 40.5 Å². The molecule has 0 aliphatic carbocycles. The minimum Gasteiger partial charge on any atom is -0.293 e. The lowest BCUT2D eigenvalue weighted by Gasteiger charge is -2.11. The normalized spacial score (nSPS) is 12.1. The zero-order valence-corrected chi connectivity index (χ0v) is 17.9. The van der Waals surface area contributed by atoms with Gasteiger partial charge in [0, 0.05) is 30.2 Å². The molecule has 15 heteroatoms. The Hall–Kier alpha value is -4.01. The number of aldehydes is 1. The van der Waals surface area contributed by atoms with Crippen molar-refractivity contribution in [1.29, 1.82) is 0 Å². The van der Waals surface area contributed by atoms with Gasteiger partial charge >= 0.3 is 12.4 Å². The molecule has 0 radical (unpaired) electrons. The quantitative estimate of drug-likeness (QED) is 0.319. The second kappa shape index (κ2) is 9.69. The van der Waals surface area contributed by atoms with Gasteiger partial charge in [0.05, 0.1) is 16.2 Å². The van der Waals surface area contributed by atoms with Crippen LogP contribution in [0.5, 0.6) is 0 Å². The number of hydrogen-bond acceptors (Lipinski definition) is 6. The summed E-state index contributed by atoms with van der Waals surface area (Å²) in [5.41, 5.74) is 0.507. The summed E-state index contributed by atoms with van der Waals surface area (Å²) in [5.74, 6) is 0.0301. The minimum absolute atomic E-state index is 0.0301. The summed E-state index contributed by atoms with van der Waals surface area (Å²) in [6, 6.07) is 10.00. The second-order valence-electron chi connectivity index (χ2n) is 6.66. The summed E-state index contributed by atoms with van der Waals surface area (Å²) in [6.07, 6.45) is -5.79. The van der Waals surface area contributed by atoms with E-state index in [1.165, 1.54) is 16.8 Å². The van der Waals surface area contributed by atoms with E-state index in [2.05, 4.69) is 19.8 Å². The van der Waals surface area contributed by atoms with Crippen molar-refractivity contribution in [3.8, 4) is 11.3 Å². The molecule has 1 N–H and O–H groups in total. The van der Waals surface area contributed by atoms with Gasteiger partial charge in [-0.15, -0.1) is 0 Å². The van der Waals surface area contributed by atoms with Crippen LogP contribution < -0.4 is 4.72 Å². The van der Waals surface area contributed by atoms with Gasteiger partial charge in [-0.05, 0) is 36.4 Å². The maximum absolute atomic E-state index is 12.9. The average Bonchev–Trinajstić information content (AvgIpc) is 3.25. The molecule has 3 aromatic heterocycles. The number of carbonyl (C=O) groups excluding carboxylic acids is 1. The summed E-state index contributed by atoms with van der Waals surface area (Å²) in [4.78, 5) is 16.3. The van der Waals surface area contributed by atoms with Gasteiger partial charge in [-0.2, -0.15) is 36.0 Å². The number of pyridine rings is 1. The van der Waals surface area contributed by atoms with Gasteiger partial charge in [-0.3, -0.25) is 14.5 Å². The summed E-state index contributed by atoms with van der Waals surface area (Å²) >= 11 is 0. The lowest BCUT2D eigenvalue weighted by Crippen LogP contribution is -2.17. The average molecular weight is 517 g/mol. The predicted octanol–water partition coefficient (Wildman–Crippen LogP) is 4.36. The van der Waals surface area contributed by atoms with Gasteiger partial charge in [0.2, 0.25) is 6.29 Å². The van der Waals surface area contributed by atoms with Gasteiger partial charge in [-0.25, -0.2) is 13.4 Å². The molecule has 0 unspecified atom stereocenters. The molecule has 184 valence electrons. The minimum atomic E-state index is -4.66. The highest BCUT2D eigenvalue weighted by molar-refractivity contribution is 7.92. The van der Waals surface area contributed by atoms with Crippen molar-refractivity contribution < 1.29 is 39.6 Å². The van der Waals surface area contributed by atoms with E-state index in [9.17, 15) is 34.8 Å². The number of halogens is 6. The van der Waals surface area contributed by atoms with E-state index in [-0.39, 0.29) is 5.82 Å². The van der Waals surface area contributed by atoms with Crippen LogP contribution in [0, 0.1) is 0 Å². The lowest BCUT2D eigenvalue weighted by atomic mass is 10.2. The molecule has 4 rings (SSSR count). The monoisotopic (exact) mass is 517 g/mol. The number of hydrogen-bond donors (Lipinski definition) is 1. The van der Waals surface area contributed by atoms with E-state index in [1.807, 2.05) is 0 Å². The number of fused-ring (bicyclic) bond motifs is 1. The van der Waals surface area contributed by atoms with E-state index < -0.39 is 39.1 Å². The van der Waals surface area contributed by atoms with Crippen molar-refractivity contribution >= 4 is 27.8 Å². The molecular weight excluding hydrogens is 504 g/mol. The highest BCUT2D eigenvalue weighted by Gasteiger charge is 2.32. The Bertz CT molecular complexity index is 1440. The smallest absolute Gasteiger partial charge is 0.293 e. The van der Waals surface area contributed by atoms with Gasteiger partial charge < -0.3 is 0 Å². The number of sulfonamides is 1.